The van der Waals surface area contributed by atoms with E-state index in [0.29, 0.717) is 29.3 Å². The van der Waals surface area contributed by atoms with Crippen molar-refractivity contribution < 1.29 is 14.7 Å². The minimum Gasteiger partial charge on any atom is -0.393 e. The molecule has 2 aliphatic heterocycles. The van der Waals surface area contributed by atoms with Gasteiger partial charge in [-0.1, -0.05) is 32.1 Å². The summed E-state index contributed by atoms with van der Waals surface area (Å²) >= 11 is 0. The van der Waals surface area contributed by atoms with Crippen molar-refractivity contribution in [1.82, 2.24) is 14.9 Å². The van der Waals surface area contributed by atoms with Gasteiger partial charge in [0, 0.05) is 19.3 Å². The number of nitrogens with two attached hydrogens (primary N) is 2. The van der Waals surface area contributed by atoms with E-state index < -0.39 is 5.91 Å². The fraction of sp³-hybridized carbons (Fsp3) is 0.370. The molecule has 10 nitrogen and oxygen atoms in total. The molecule has 0 saturated carbocycles. The highest BCUT2D eigenvalue weighted by Gasteiger charge is 2.34. The van der Waals surface area contributed by atoms with Crippen molar-refractivity contribution in [2.24, 2.45) is 17.0 Å². The summed E-state index contributed by atoms with van der Waals surface area (Å²) in [5.41, 5.74) is 10.5. The molecule has 198 valence electrons. The van der Waals surface area contributed by atoms with E-state index in [-0.39, 0.29) is 23.6 Å². The van der Waals surface area contributed by atoms with Crippen LogP contribution in [-0.4, -0.2) is 58.1 Å². The van der Waals surface area contributed by atoms with E-state index in [1.807, 2.05) is 26.0 Å². The lowest BCUT2D eigenvalue weighted by Gasteiger charge is -2.45. The van der Waals surface area contributed by atoms with Gasteiger partial charge >= 0.3 is 0 Å². The predicted molar refractivity (Wildman–Crippen MR) is 146 cm³/mol. The molecule has 1 saturated heterocycles. The summed E-state index contributed by atoms with van der Waals surface area (Å²) in [5, 5.41) is 16.4. The van der Waals surface area contributed by atoms with Gasteiger partial charge in [-0.2, -0.15) is 0 Å². The molecule has 3 heterocycles. The Morgan fingerprint density at radius 3 is 2.54 bits per heavy atom. The molecule has 10 heteroatoms. The molecule has 1 fully saturated rings. The van der Waals surface area contributed by atoms with E-state index >= 15 is 0 Å². The molecule has 1 aromatic heterocycles. The van der Waals surface area contributed by atoms with Crippen LogP contribution in [0.2, 0.25) is 0 Å². The Balaban J connectivity index is 1.71. The molecule has 1 aromatic rings. The number of hydrazine groups is 1. The lowest BCUT2D eigenvalue weighted by molar-refractivity contribution is -0.120. The zero-order chi connectivity index (χ0) is 27.3. The van der Waals surface area contributed by atoms with Gasteiger partial charge in [0.25, 0.3) is 5.91 Å². The van der Waals surface area contributed by atoms with E-state index in [4.69, 9.17) is 11.6 Å². The standard InChI is InChI=1S/C27H37N7O3/c1-6-7-21(17(2)14-35)19-8-9-23(34(29)12-19)25(28)26(37)32-22-10-20(11-30-18(22)3)31-24(36)13-33-15-27(4,5)16-33/h6-12,35H,13-16,28-29H2,1-5H3,(H,31,36)(H,32,37)/b7-6-,21-17-,25-23-. The van der Waals surface area contributed by atoms with Crippen LogP contribution in [0.1, 0.15) is 33.4 Å². The van der Waals surface area contributed by atoms with Crippen LogP contribution in [0.4, 0.5) is 11.4 Å². The molecule has 0 bridgehead atoms. The SMILES string of the molecule is C/C=C\C(C1=CN(N)/C(=C(\N)C(=O)Nc2cc(NC(=O)CN3CC(C)(C)C3)cnc2C)C=C1)=C(/C)CO. The van der Waals surface area contributed by atoms with Crippen molar-refractivity contribution in [2.75, 3.05) is 36.9 Å². The molecule has 37 heavy (non-hydrogen) atoms. The minimum atomic E-state index is -0.557. The Labute approximate surface area is 218 Å². The normalized spacial score (nSPS) is 19.2. The molecule has 0 atom stereocenters. The molecule has 2 aliphatic rings. The van der Waals surface area contributed by atoms with Crippen LogP contribution < -0.4 is 22.2 Å². The van der Waals surface area contributed by atoms with E-state index in [0.717, 1.165) is 29.8 Å². The number of carbonyl (C=O) groups excluding carboxylic acids is 2. The van der Waals surface area contributed by atoms with Gasteiger partial charge in [-0.15, -0.1) is 0 Å². The molecule has 0 aromatic carbocycles. The summed E-state index contributed by atoms with van der Waals surface area (Å²) in [4.78, 5) is 31.7. The molecule has 0 spiro atoms. The van der Waals surface area contributed by atoms with Gasteiger partial charge in [0.15, 0.2) is 0 Å². The van der Waals surface area contributed by atoms with Crippen LogP contribution in [0, 0.1) is 12.3 Å². The van der Waals surface area contributed by atoms with E-state index in [1.54, 1.807) is 37.5 Å². The third-order valence-corrected chi connectivity index (χ3v) is 6.13. The highest BCUT2D eigenvalue weighted by atomic mass is 16.3. The lowest BCUT2D eigenvalue weighted by Crippen LogP contribution is -2.54. The van der Waals surface area contributed by atoms with E-state index in [1.165, 1.54) is 5.01 Å². The van der Waals surface area contributed by atoms with Crippen LogP contribution >= 0.6 is 0 Å². The van der Waals surface area contributed by atoms with Crippen molar-refractivity contribution >= 4 is 23.2 Å². The summed E-state index contributed by atoms with van der Waals surface area (Å²) < 4.78 is 0. The third-order valence-electron chi connectivity index (χ3n) is 6.13. The lowest BCUT2D eigenvalue weighted by atomic mass is 9.84. The first kappa shape index (κ1) is 27.9. The summed E-state index contributed by atoms with van der Waals surface area (Å²) in [5.74, 6) is 5.47. The maximum absolute atomic E-state index is 13.0. The monoisotopic (exact) mass is 507 g/mol. The smallest absolute Gasteiger partial charge is 0.273 e. The van der Waals surface area contributed by atoms with Gasteiger partial charge < -0.3 is 21.5 Å². The fourth-order valence-electron chi connectivity index (χ4n) is 4.36. The maximum atomic E-state index is 13.0. The van der Waals surface area contributed by atoms with Gasteiger partial charge in [-0.3, -0.25) is 24.5 Å². The van der Waals surface area contributed by atoms with Crippen molar-refractivity contribution in [2.45, 2.75) is 34.6 Å². The van der Waals surface area contributed by atoms with Gasteiger partial charge in [-0.25, -0.2) is 5.84 Å². The summed E-state index contributed by atoms with van der Waals surface area (Å²) in [7, 11) is 0. The van der Waals surface area contributed by atoms with Crippen molar-refractivity contribution in [3.05, 3.63) is 76.6 Å². The second-order valence-corrected chi connectivity index (χ2v) is 10.1. The first-order chi connectivity index (χ1) is 17.4. The highest BCUT2D eigenvalue weighted by molar-refractivity contribution is 6.04. The van der Waals surface area contributed by atoms with Gasteiger partial charge in [0.05, 0.1) is 42.1 Å². The number of amides is 2. The van der Waals surface area contributed by atoms with Crippen LogP contribution in [0.5, 0.6) is 0 Å². The minimum absolute atomic E-state index is 0.0845. The number of hydrogen-bond donors (Lipinski definition) is 5. The number of carbonyl (C=O) groups is 2. The number of aromatic nitrogens is 1. The Bertz CT molecular complexity index is 1220. The number of anilines is 2. The number of nitrogens with zero attached hydrogens (tertiary/aromatic N) is 3. The number of aliphatic hydroxyl groups is 1. The number of aryl methyl sites for hydroxylation is 1. The highest BCUT2D eigenvalue weighted by Crippen LogP contribution is 2.28. The summed E-state index contributed by atoms with van der Waals surface area (Å²) in [6.45, 7) is 11.8. The van der Waals surface area contributed by atoms with Gasteiger partial charge in [0.2, 0.25) is 5.91 Å². The number of pyridine rings is 1. The average molecular weight is 508 g/mol. The number of nitrogens with one attached hydrogen (secondary N) is 2. The average Bonchev–Trinajstić information content (AvgIpc) is 2.82. The zero-order valence-corrected chi connectivity index (χ0v) is 22.1. The van der Waals surface area contributed by atoms with Crippen molar-refractivity contribution in [3.63, 3.8) is 0 Å². The topological polar surface area (TPSA) is 150 Å². The number of aliphatic hydroxyl groups excluding tert-OH is 1. The Morgan fingerprint density at radius 2 is 1.95 bits per heavy atom. The Kier molecular flexibility index (Phi) is 8.69. The molecular weight excluding hydrogens is 470 g/mol. The molecule has 2 amide bonds. The van der Waals surface area contributed by atoms with Crippen LogP contribution in [0.3, 0.4) is 0 Å². The Morgan fingerprint density at radius 1 is 1.24 bits per heavy atom. The quantitative estimate of drug-likeness (QED) is 0.204. The van der Waals surface area contributed by atoms with E-state index in [2.05, 4.69) is 34.4 Å². The van der Waals surface area contributed by atoms with Crippen molar-refractivity contribution in [3.8, 4) is 0 Å². The zero-order valence-electron chi connectivity index (χ0n) is 22.1. The van der Waals surface area contributed by atoms with Crippen LogP contribution in [-0.2, 0) is 9.59 Å². The van der Waals surface area contributed by atoms with Crippen molar-refractivity contribution in [1.29, 1.82) is 0 Å². The second-order valence-electron chi connectivity index (χ2n) is 10.1. The van der Waals surface area contributed by atoms with Crippen LogP contribution in [0.25, 0.3) is 0 Å². The van der Waals surface area contributed by atoms with Crippen LogP contribution in [0.15, 0.2) is 70.9 Å². The molecule has 0 radical (unpaired) electrons. The largest absolute Gasteiger partial charge is 0.393 e. The number of likely N-dealkylation sites (tertiary alicyclic amines) is 1. The third kappa shape index (κ3) is 6.94. The predicted octanol–water partition coefficient (Wildman–Crippen LogP) is 2.29. The second kappa shape index (κ2) is 11.5. The first-order valence-corrected chi connectivity index (χ1v) is 12.1. The molecule has 0 unspecified atom stereocenters. The summed E-state index contributed by atoms with van der Waals surface area (Å²) in [6.07, 6.45) is 10.4. The molecular formula is C27H37N7O3. The molecule has 3 rings (SSSR count). The number of allylic oxidation sites excluding steroid dienone is 6. The molecule has 7 N–H and O–H groups in total. The maximum Gasteiger partial charge on any atom is 0.273 e. The first-order valence-electron chi connectivity index (χ1n) is 12.1. The number of rotatable bonds is 8. The van der Waals surface area contributed by atoms with E-state index in [9.17, 15) is 14.7 Å². The number of hydrogen-bond acceptors (Lipinski definition) is 8. The summed E-state index contributed by atoms with van der Waals surface area (Å²) in [6, 6.07) is 1.65. The Hall–Kier alpha value is -3.73. The van der Waals surface area contributed by atoms with Gasteiger partial charge in [-0.05, 0) is 55.0 Å². The molecule has 0 aliphatic carbocycles. The van der Waals surface area contributed by atoms with Gasteiger partial charge in [0.1, 0.15) is 5.70 Å². The fourth-order valence-corrected chi connectivity index (χ4v) is 4.36.